The highest BCUT2D eigenvalue weighted by Crippen LogP contribution is 2.17. The van der Waals surface area contributed by atoms with Crippen LogP contribution in [0.3, 0.4) is 0 Å². The van der Waals surface area contributed by atoms with Gasteiger partial charge in [-0.2, -0.15) is 0 Å². The van der Waals surface area contributed by atoms with E-state index in [1.54, 1.807) is 42.5 Å². The quantitative estimate of drug-likeness (QED) is 0.105. The molecule has 0 aliphatic carbocycles. The number of Topliss-reactive ketones (excluding diaryl/α,β-unsaturated/α-hetero) is 1. The number of amides is 5. The molecule has 266 valence electrons. The molecule has 0 spiro atoms. The number of rotatable bonds is 17. The zero-order chi connectivity index (χ0) is 36.8. The fourth-order valence-electron chi connectivity index (χ4n) is 5.42. The van der Waals surface area contributed by atoms with Gasteiger partial charge in [0.1, 0.15) is 24.7 Å². The molecule has 6 N–H and O–H groups in total. The summed E-state index contributed by atoms with van der Waals surface area (Å²) in [6, 6.07) is 27.7. The molecule has 5 amide bonds. The van der Waals surface area contributed by atoms with Crippen LogP contribution < -0.4 is 27.0 Å². The Hall–Kier alpha value is -6.04. The SMILES string of the molecule is CC(C)CC(NC(=O)OCc1ccccc1)C(=O)NC(Cc1ccccc1)C(=O)C(=O)NCC(=O)NC(Cc1ccc2ccccc2c1)C(N)=O. The summed E-state index contributed by atoms with van der Waals surface area (Å²) in [6.07, 6.45) is -0.502. The molecule has 12 heteroatoms. The fraction of sp³-hybridized carbons (Fsp3) is 0.282. The first-order valence-corrected chi connectivity index (χ1v) is 16.7. The predicted octanol–water partition coefficient (Wildman–Crippen LogP) is 3.11. The molecule has 0 saturated heterocycles. The van der Waals surface area contributed by atoms with E-state index in [4.69, 9.17) is 10.5 Å². The van der Waals surface area contributed by atoms with Crippen molar-refractivity contribution in [3.05, 3.63) is 120 Å². The minimum atomic E-state index is -1.33. The topological polar surface area (TPSA) is 186 Å². The van der Waals surface area contributed by atoms with Gasteiger partial charge in [0.25, 0.3) is 5.91 Å². The Morgan fingerprint density at radius 1 is 0.647 bits per heavy atom. The molecular weight excluding hydrogens is 650 g/mol. The molecule has 4 aromatic carbocycles. The highest BCUT2D eigenvalue weighted by molar-refractivity contribution is 6.38. The first kappa shape index (κ1) is 37.8. The van der Waals surface area contributed by atoms with Crippen LogP contribution in [0.5, 0.6) is 0 Å². The zero-order valence-corrected chi connectivity index (χ0v) is 28.6. The van der Waals surface area contributed by atoms with Crippen LogP contribution in [0.4, 0.5) is 4.79 Å². The summed E-state index contributed by atoms with van der Waals surface area (Å²) >= 11 is 0. The molecule has 0 fully saturated rings. The van der Waals surface area contributed by atoms with E-state index in [-0.39, 0.29) is 31.8 Å². The summed E-state index contributed by atoms with van der Waals surface area (Å²) < 4.78 is 5.30. The molecule has 0 heterocycles. The molecule has 12 nitrogen and oxygen atoms in total. The van der Waals surface area contributed by atoms with Crippen molar-refractivity contribution < 1.29 is 33.5 Å². The molecule has 3 atom stereocenters. The lowest BCUT2D eigenvalue weighted by Crippen LogP contribution is -2.55. The van der Waals surface area contributed by atoms with Crippen molar-refractivity contribution >= 4 is 46.3 Å². The number of carbonyl (C=O) groups excluding carboxylic acids is 6. The van der Waals surface area contributed by atoms with Gasteiger partial charge in [0.15, 0.2) is 0 Å². The first-order chi connectivity index (χ1) is 24.5. The lowest BCUT2D eigenvalue weighted by Gasteiger charge is -2.24. The molecule has 0 aliphatic heterocycles. The number of ketones is 1. The number of hydrogen-bond donors (Lipinski definition) is 5. The molecule has 3 unspecified atom stereocenters. The zero-order valence-electron chi connectivity index (χ0n) is 28.6. The van der Waals surface area contributed by atoms with E-state index in [2.05, 4.69) is 21.3 Å². The van der Waals surface area contributed by atoms with Crippen molar-refractivity contribution in [1.29, 1.82) is 0 Å². The Morgan fingerprint density at radius 3 is 1.90 bits per heavy atom. The average Bonchev–Trinajstić information content (AvgIpc) is 3.12. The normalized spacial score (nSPS) is 12.6. The number of alkyl carbamates (subject to hydrolysis) is 1. The number of ether oxygens (including phenoxy) is 1. The van der Waals surface area contributed by atoms with E-state index in [9.17, 15) is 28.8 Å². The van der Waals surface area contributed by atoms with E-state index in [1.165, 1.54) is 0 Å². The highest BCUT2D eigenvalue weighted by Gasteiger charge is 2.31. The van der Waals surface area contributed by atoms with E-state index in [0.717, 1.165) is 21.9 Å². The second kappa shape index (κ2) is 18.6. The van der Waals surface area contributed by atoms with Crippen LogP contribution >= 0.6 is 0 Å². The van der Waals surface area contributed by atoms with Gasteiger partial charge in [0.2, 0.25) is 23.5 Å². The summed E-state index contributed by atoms with van der Waals surface area (Å²) in [6.45, 7) is 3.11. The van der Waals surface area contributed by atoms with Crippen LogP contribution in [0.15, 0.2) is 103 Å². The smallest absolute Gasteiger partial charge is 0.408 e. The minimum absolute atomic E-state index is 0.00478. The molecule has 0 bridgehead atoms. The van der Waals surface area contributed by atoms with Gasteiger partial charge in [-0.1, -0.05) is 117 Å². The third-order valence-electron chi connectivity index (χ3n) is 8.01. The lowest BCUT2D eigenvalue weighted by molar-refractivity contribution is -0.140. The highest BCUT2D eigenvalue weighted by atomic mass is 16.5. The Balaban J connectivity index is 1.38. The maximum absolute atomic E-state index is 13.5. The number of nitrogens with one attached hydrogen (secondary N) is 4. The van der Waals surface area contributed by atoms with Crippen LogP contribution in [-0.2, 0) is 48.2 Å². The Bertz CT molecular complexity index is 1830. The van der Waals surface area contributed by atoms with Gasteiger partial charge in [-0.25, -0.2) is 4.79 Å². The van der Waals surface area contributed by atoms with E-state index >= 15 is 0 Å². The van der Waals surface area contributed by atoms with Crippen molar-refractivity contribution in [3.63, 3.8) is 0 Å². The van der Waals surface area contributed by atoms with Crippen LogP contribution in [0.25, 0.3) is 10.8 Å². The summed E-state index contributed by atoms with van der Waals surface area (Å²) in [5.41, 5.74) is 7.76. The third kappa shape index (κ3) is 12.1. The second-order valence-electron chi connectivity index (χ2n) is 12.6. The molecule has 0 radical (unpaired) electrons. The van der Waals surface area contributed by atoms with Crippen LogP contribution in [0.1, 0.15) is 37.0 Å². The number of primary amides is 1. The van der Waals surface area contributed by atoms with Crippen molar-refractivity contribution in [2.75, 3.05) is 6.54 Å². The fourth-order valence-corrected chi connectivity index (χ4v) is 5.42. The van der Waals surface area contributed by atoms with Crippen LogP contribution in [0.2, 0.25) is 0 Å². The van der Waals surface area contributed by atoms with Gasteiger partial charge in [-0.05, 0) is 39.8 Å². The van der Waals surface area contributed by atoms with Gasteiger partial charge < -0.3 is 31.7 Å². The minimum Gasteiger partial charge on any atom is -0.445 e. The maximum Gasteiger partial charge on any atom is 0.408 e. The summed E-state index contributed by atoms with van der Waals surface area (Å²) in [5.74, 6) is -4.33. The molecule has 4 aromatic rings. The van der Waals surface area contributed by atoms with Crippen molar-refractivity contribution in [3.8, 4) is 0 Å². The molecule has 0 aromatic heterocycles. The largest absolute Gasteiger partial charge is 0.445 e. The molecule has 0 saturated carbocycles. The summed E-state index contributed by atoms with van der Waals surface area (Å²) in [5, 5.41) is 12.0. The first-order valence-electron chi connectivity index (χ1n) is 16.7. The molecular formula is C39H43N5O7. The van der Waals surface area contributed by atoms with E-state index < -0.39 is 60.2 Å². The molecule has 4 rings (SSSR count). The lowest BCUT2D eigenvalue weighted by atomic mass is 9.99. The van der Waals surface area contributed by atoms with Crippen LogP contribution in [-0.4, -0.2) is 60.2 Å². The third-order valence-corrected chi connectivity index (χ3v) is 8.01. The van der Waals surface area contributed by atoms with E-state index in [1.807, 2.05) is 74.5 Å². The van der Waals surface area contributed by atoms with Gasteiger partial charge in [-0.15, -0.1) is 0 Å². The predicted molar refractivity (Wildman–Crippen MR) is 192 cm³/mol. The van der Waals surface area contributed by atoms with Crippen molar-refractivity contribution in [2.45, 2.75) is 57.8 Å². The number of nitrogens with two attached hydrogens (primary N) is 1. The second-order valence-corrected chi connectivity index (χ2v) is 12.6. The van der Waals surface area contributed by atoms with Gasteiger partial charge in [0, 0.05) is 12.8 Å². The van der Waals surface area contributed by atoms with Crippen molar-refractivity contribution in [2.24, 2.45) is 11.7 Å². The number of benzene rings is 4. The maximum atomic E-state index is 13.5. The van der Waals surface area contributed by atoms with Gasteiger partial charge in [0.05, 0.1) is 6.54 Å². The molecule has 0 aliphatic rings. The monoisotopic (exact) mass is 693 g/mol. The Morgan fingerprint density at radius 2 is 1.25 bits per heavy atom. The Kier molecular flexibility index (Phi) is 13.8. The standard InChI is InChI=1S/C39H43N5O7/c1-25(2)19-33(44-39(50)51-24-27-13-7-4-8-14-27)37(48)43-31(21-26-11-5-3-6-12-26)35(46)38(49)41-23-34(45)42-32(36(40)47)22-28-17-18-29-15-9-10-16-30(29)20-28/h3-18,20,25,31-33H,19,21-24H2,1-2H3,(H2,40,47)(H,41,49)(H,42,45)(H,43,48)(H,44,50). The number of fused-ring (bicyclic) bond motifs is 1. The van der Waals surface area contributed by atoms with Gasteiger partial charge >= 0.3 is 6.09 Å². The number of carbonyl (C=O) groups is 6. The van der Waals surface area contributed by atoms with Crippen LogP contribution in [0, 0.1) is 5.92 Å². The number of hydrogen-bond acceptors (Lipinski definition) is 7. The summed E-state index contributed by atoms with van der Waals surface area (Å²) in [4.78, 5) is 77.7. The van der Waals surface area contributed by atoms with Crippen molar-refractivity contribution in [1.82, 2.24) is 21.3 Å². The van der Waals surface area contributed by atoms with Gasteiger partial charge in [-0.3, -0.25) is 24.0 Å². The molecule has 51 heavy (non-hydrogen) atoms. The van der Waals surface area contributed by atoms with E-state index in [0.29, 0.717) is 5.56 Å². The average molecular weight is 694 g/mol. The Labute approximate surface area is 296 Å². The summed E-state index contributed by atoms with van der Waals surface area (Å²) in [7, 11) is 0.